The minimum absolute atomic E-state index is 0.308. The van der Waals surface area contributed by atoms with Gasteiger partial charge in [-0.15, -0.1) is 0 Å². The maximum Gasteiger partial charge on any atom is 0.165 e. The molecule has 2 aromatic carbocycles. The van der Waals surface area contributed by atoms with Crippen LogP contribution in [0.4, 0.5) is 10.2 Å². The summed E-state index contributed by atoms with van der Waals surface area (Å²) in [7, 11) is 0. The van der Waals surface area contributed by atoms with Crippen molar-refractivity contribution in [1.82, 2.24) is 9.97 Å². The lowest BCUT2D eigenvalue weighted by Crippen LogP contribution is -1.99. The number of nitrogens with two attached hydrogens (primary N) is 1. The van der Waals surface area contributed by atoms with Crippen molar-refractivity contribution < 1.29 is 4.39 Å². The summed E-state index contributed by atoms with van der Waals surface area (Å²) in [5.41, 5.74) is 7.56. The number of para-hydroxylation sites is 1. The lowest BCUT2D eigenvalue weighted by Gasteiger charge is -2.07. The zero-order chi connectivity index (χ0) is 13.4. The molecular formula is C15H12FN3. The molecule has 1 aromatic heterocycles. The Morgan fingerprint density at radius 2 is 1.79 bits per heavy atom. The number of aryl methyl sites for hydroxylation is 1. The highest BCUT2D eigenvalue weighted by atomic mass is 19.1. The van der Waals surface area contributed by atoms with Gasteiger partial charge in [0.05, 0.1) is 11.1 Å². The van der Waals surface area contributed by atoms with E-state index in [4.69, 9.17) is 5.73 Å². The fraction of sp³-hybridized carbons (Fsp3) is 0.0667. The molecule has 0 amide bonds. The zero-order valence-corrected chi connectivity index (χ0v) is 10.4. The van der Waals surface area contributed by atoms with Gasteiger partial charge >= 0.3 is 0 Å². The van der Waals surface area contributed by atoms with Crippen LogP contribution in [0.1, 0.15) is 5.56 Å². The van der Waals surface area contributed by atoms with Crippen molar-refractivity contribution in [3.63, 3.8) is 0 Å². The van der Waals surface area contributed by atoms with Crippen LogP contribution in [0.5, 0.6) is 0 Å². The first-order chi connectivity index (χ1) is 9.16. The second-order valence-electron chi connectivity index (χ2n) is 4.39. The number of anilines is 1. The standard InChI is InChI=1S/C15H12FN3/c1-9-5-4-7-11(13(9)16)15-18-12-8-3-2-6-10(12)14(17)19-15/h2-8H,1H3,(H2,17,18,19). The smallest absolute Gasteiger partial charge is 0.165 e. The number of nitrogen functional groups attached to an aromatic ring is 1. The molecular weight excluding hydrogens is 241 g/mol. The summed E-state index contributed by atoms with van der Waals surface area (Å²) in [5, 5.41) is 0.777. The van der Waals surface area contributed by atoms with Crippen molar-refractivity contribution in [2.45, 2.75) is 6.92 Å². The predicted molar refractivity (Wildman–Crippen MR) is 74.1 cm³/mol. The zero-order valence-electron chi connectivity index (χ0n) is 10.4. The lowest BCUT2D eigenvalue weighted by atomic mass is 10.1. The van der Waals surface area contributed by atoms with Crippen LogP contribution < -0.4 is 5.73 Å². The first-order valence-electron chi connectivity index (χ1n) is 5.94. The Bertz CT molecular complexity index is 768. The van der Waals surface area contributed by atoms with Crippen LogP contribution >= 0.6 is 0 Å². The van der Waals surface area contributed by atoms with Gasteiger partial charge < -0.3 is 5.73 Å². The summed E-state index contributed by atoms with van der Waals surface area (Å²) in [6.45, 7) is 1.71. The molecule has 0 saturated carbocycles. The van der Waals surface area contributed by atoms with E-state index in [9.17, 15) is 4.39 Å². The highest BCUT2D eigenvalue weighted by Gasteiger charge is 2.12. The third kappa shape index (κ3) is 1.91. The van der Waals surface area contributed by atoms with Gasteiger partial charge in [-0.3, -0.25) is 0 Å². The number of aromatic nitrogens is 2. The molecule has 0 aliphatic carbocycles. The van der Waals surface area contributed by atoms with E-state index in [1.54, 1.807) is 25.1 Å². The molecule has 3 nitrogen and oxygen atoms in total. The number of rotatable bonds is 1. The molecule has 0 fully saturated rings. The van der Waals surface area contributed by atoms with Crippen LogP contribution in [0.15, 0.2) is 42.5 Å². The van der Waals surface area contributed by atoms with E-state index < -0.39 is 0 Å². The molecule has 0 bridgehead atoms. The van der Waals surface area contributed by atoms with Crippen molar-refractivity contribution in [1.29, 1.82) is 0 Å². The number of nitrogens with zero attached hydrogens (tertiary/aromatic N) is 2. The number of fused-ring (bicyclic) bond motifs is 1. The summed E-state index contributed by atoms with van der Waals surface area (Å²) in [6, 6.07) is 12.6. The SMILES string of the molecule is Cc1cccc(-c2nc(N)c3ccccc3n2)c1F. The second-order valence-corrected chi connectivity index (χ2v) is 4.39. The monoisotopic (exact) mass is 253 g/mol. The van der Waals surface area contributed by atoms with Crippen LogP contribution in [0.25, 0.3) is 22.3 Å². The summed E-state index contributed by atoms with van der Waals surface area (Å²) < 4.78 is 14.1. The Kier molecular flexibility index (Phi) is 2.63. The van der Waals surface area contributed by atoms with Gasteiger partial charge in [0.1, 0.15) is 11.6 Å². The van der Waals surface area contributed by atoms with E-state index >= 15 is 0 Å². The van der Waals surface area contributed by atoms with Crippen LogP contribution in [-0.4, -0.2) is 9.97 Å². The van der Waals surface area contributed by atoms with Gasteiger partial charge in [-0.1, -0.05) is 24.3 Å². The lowest BCUT2D eigenvalue weighted by molar-refractivity contribution is 0.621. The van der Waals surface area contributed by atoms with E-state index in [0.29, 0.717) is 28.3 Å². The van der Waals surface area contributed by atoms with Gasteiger partial charge in [-0.2, -0.15) is 0 Å². The maximum absolute atomic E-state index is 14.1. The summed E-state index contributed by atoms with van der Waals surface area (Å²) in [5.74, 6) is 0.371. The quantitative estimate of drug-likeness (QED) is 0.723. The highest BCUT2D eigenvalue weighted by Crippen LogP contribution is 2.25. The van der Waals surface area contributed by atoms with Crippen molar-refractivity contribution in [2.24, 2.45) is 0 Å². The predicted octanol–water partition coefficient (Wildman–Crippen LogP) is 3.33. The average Bonchev–Trinajstić information content (AvgIpc) is 2.42. The molecule has 94 valence electrons. The Labute approximate surface area is 109 Å². The molecule has 2 N–H and O–H groups in total. The molecule has 0 saturated heterocycles. The second kappa shape index (κ2) is 4.31. The molecule has 4 heteroatoms. The molecule has 0 radical (unpaired) electrons. The van der Waals surface area contributed by atoms with Gasteiger partial charge in [-0.05, 0) is 30.7 Å². The minimum Gasteiger partial charge on any atom is -0.383 e. The van der Waals surface area contributed by atoms with Gasteiger partial charge in [0, 0.05) is 5.39 Å². The summed E-state index contributed by atoms with van der Waals surface area (Å²) in [6.07, 6.45) is 0. The average molecular weight is 253 g/mol. The number of benzene rings is 2. The van der Waals surface area contributed by atoms with Crippen LogP contribution in [0.2, 0.25) is 0 Å². The maximum atomic E-state index is 14.1. The topological polar surface area (TPSA) is 51.8 Å². The van der Waals surface area contributed by atoms with Crippen molar-refractivity contribution in [3.8, 4) is 11.4 Å². The van der Waals surface area contributed by atoms with Crippen molar-refractivity contribution in [3.05, 3.63) is 53.8 Å². The van der Waals surface area contributed by atoms with Gasteiger partial charge in [0.2, 0.25) is 0 Å². The number of halogens is 1. The minimum atomic E-state index is -0.308. The van der Waals surface area contributed by atoms with E-state index in [1.165, 1.54) is 0 Å². The molecule has 0 atom stereocenters. The molecule has 0 unspecified atom stereocenters. The fourth-order valence-electron chi connectivity index (χ4n) is 2.04. The first-order valence-corrected chi connectivity index (χ1v) is 5.94. The van der Waals surface area contributed by atoms with E-state index in [0.717, 1.165) is 5.39 Å². The number of hydrogen-bond acceptors (Lipinski definition) is 3. The largest absolute Gasteiger partial charge is 0.383 e. The molecule has 0 aliphatic rings. The van der Waals surface area contributed by atoms with Crippen LogP contribution in [-0.2, 0) is 0 Å². The Hall–Kier alpha value is -2.49. The Morgan fingerprint density at radius 3 is 2.63 bits per heavy atom. The molecule has 19 heavy (non-hydrogen) atoms. The highest BCUT2D eigenvalue weighted by molar-refractivity contribution is 5.89. The Morgan fingerprint density at radius 1 is 1.00 bits per heavy atom. The summed E-state index contributed by atoms with van der Waals surface area (Å²) >= 11 is 0. The van der Waals surface area contributed by atoms with Crippen LogP contribution in [0, 0.1) is 12.7 Å². The molecule has 0 aliphatic heterocycles. The Balaban J connectivity index is 2.29. The third-order valence-corrected chi connectivity index (χ3v) is 3.07. The number of hydrogen-bond donors (Lipinski definition) is 1. The van der Waals surface area contributed by atoms with Gasteiger partial charge in [0.15, 0.2) is 5.82 Å². The van der Waals surface area contributed by atoms with Gasteiger partial charge in [-0.25, -0.2) is 14.4 Å². The fourth-order valence-corrected chi connectivity index (χ4v) is 2.04. The van der Waals surface area contributed by atoms with Gasteiger partial charge in [0.25, 0.3) is 0 Å². The molecule has 3 aromatic rings. The first kappa shape index (κ1) is 11.6. The van der Waals surface area contributed by atoms with Crippen molar-refractivity contribution in [2.75, 3.05) is 5.73 Å². The molecule has 3 rings (SSSR count). The molecule has 0 spiro atoms. The van der Waals surface area contributed by atoms with E-state index in [-0.39, 0.29) is 5.82 Å². The third-order valence-electron chi connectivity index (χ3n) is 3.07. The van der Waals surface area contributed by atoms with E-state index in [1.807, 2.05) is 24.3 Å². The van der Waals surface area contributed by atoms with E-state index in [2.05, 4.69) is 9.97 Å². The van der Waals surface area contributed by atoms with Crippen LogP contribution in [0.3, 0.4) is 0 Å². The van der Waals surface area contributed by atoms with Crippen molar-refractivity contribution >= 4 is 16.7 Å². The normalized spacial score (nSPS) is 10.8. The summed E-state index contributed by atoms with van der Waals surface area (Å²) in [4.78, 5) is 8.58. The molecule has 1 heterocycles.